The smallest absolute Gasteiger partial charge is 0.0105 e. The van der Waals surface area contributed by atoms with E-state index in [1.807, 2.05) is 0 Å². The molecule has 1 aliphatic rings. The fourth-order valence-electron chi connectivity index (χ4n) is 1.67. The summed E-state index contributed by atoms with van der Waals surface area (Å²) in [7, 11) is 4.26. The SMILES string of the molecule is CN(C)CC1CN(CCN)C1. The molecule has 0 aromatic rings. The van der Waals surface area contributed by atoms with Crippen LogP contribution in [0.25, 0.3) is 0 Å². The van der Waals surface area contributed by atoms with E-state index in [4.69, 9.17) is 5.73 Å². The van der Waals surface area contributed by atoms with E-state index in [1.54, 1.807) is 0 Å². The van der Waals surface area contributed by atoms with Crippen LogP contribution in [0.3, 0.4) is 0 Å². The van der Waals surface area contributed by atoms with Crippen LogP contribution in [0.5, 0.6) is 0 Å². The number of rotatable bonds is 4. The van der Waals surface area contributed by atoms with Crippen LogP contribution in [-0.4, -0.2) is 56.6 Å². The molecule has 11 heavy (non-hydrogen) atoms. The molecule has 0 aromatic carbocycles. The monoisotopic (exact) mass is 157 g/mol. The van der Waals surface area contributed by atoms with E-state index >= 15 is 0 Å². The Morgan fingerprint density at radius 2 is 2.09 bits per heavy atom. The normalized spacial score (nSPS) is 20.7. The number of hydrogen-bond acceptors (Lipinski definition) is 3. The molecule has 0 aliphatic carbocycles. The van der Waals surface area contributed by atoms with Gasteiger partial charge in [0.1, 0.15) is 0 Å². The highest BCUT2D eigenvalue weighted by Gasteiger charge is 2.25. The van der Waals surface area contributed by atoms with Gasteiger partial charge in [-0.15, -0.1) is 0 Å². The summed E-state index contributed by atoms with van der Waals surface area (Å²) in [5.41, 5.74) is 5.43. The quantitative estimate of drug-likeness (QED) is 0.593. The fraction of sp³-hybridized carbons (Fsp3) is 1.00. The maximum atomic E-state index is 5.43. The number of nitrogens with two attached hydrogens (primary N) is 1. The number of likely N-dealkylation sites (tertiary alicyclic amines) is 1. The average molecular weight is 157 g/mol. The summed E-state index contributed by atoms with van der Waals surface area (Å²) in [6, 6.07) is 0. The molecule has 0 bridgehead atoms. The standard InChI is InChI=1S/C8H19N3/c1-10(2)5-8-6-11(7-8)4-3-9/h8H,3-7,9H2,1-2H3. The van der Waals surface area contributed by atoms with Crippen molar-refractivity contribution in [3.8, 4) is 0 Å². The predicted molar refractivity (Wildman–Crippen MR) is 47.5 cm³/mol. The van der Waals surface area contributed by atoms with Crippen LogP contribution < -0.4 is 5.73 Å². The topological polar surface area (TPSA) is 32.5 Å². The van der Waals surface area contributed by atoms with Gasteiger partial charge in [-0.2, -0.15) is 0 Å². The molecule has 0 unspecified atom stereocenters. The van der Waals surface area contributed by atoms with Gasteiger partial charge in [0.05, 0.1) is 0 Å². The first-order chi connectivity index (χ1) is 5.22. The lowest BCUT2D eigenvalue weighted by atomic mass is 10.00. The largest absolute Gasteiger partial charge is 0.329 e. The highest BCUT2D eigenvalue weighted by molar-refractivity contribution is 4.80. The first-order valence-electron chi connectivity index (χ1n) is 4.29. The molecule has 3 nitrogen and oxygen atoms in total. The first-order valence-corrected chi connectivity index (χ1v) is 4.29. The number of nitrogens with zero attached hydrogens (tertiary/aromatic N) is 2. The van der Waals surface area contributed by atoms with Crippen LogP contribution in [-0.2, 0) is 0 Å². The van der Waals surface area contributed by atoms with Crippen molar-refractivity contribution in [3.05, 3.63) is 0 Å². The van der Waals surface area contributed by atoms with Gasteiger partial charge in [0, 0.05) is 32.7 Å². The van der Waals surface area contributed by atoms with Crippen LogP contribution in [0.1, 0.15) is 0 Å². The minimum atomic E-state index is 0.800. The Morgan fingerprint density at radius 1 is 1.45 bits per heavy atom. The van der Waals surface area contributed by atoms with Crippen molar-refractivity contribution in [2.24, 2.45) is 11.7 Å². The first kappa shape index (κ1) is 8.97. The zero-order chi connectivity index (χ0) is 8.27. The molecule has 1 fully saturated rings. The summed E-state index contributed by atoms with van der Waals surface area (Å²) in [6.45, 7) is 5.59. The van der Waals surface area contributed by atoms with Crippen molar-refractivity contribution in [1.82, 2.24) is 9.80 Å². The van der Waals surface area contributed by atoms with Gasteiger partial charge in [-0.25, -0.2) is 0 Å². The Bertz CT molecular complexity index is 108. The van der Waals surface area contributed by atoms with Crippen molar-refractivity contribution in [2.45, 2.75) is 0 Å². The van der Waals surface area contributed by atoms with Gasteiger partial charge in [0.15, 0.2) is 0 Å². The Kier molecular flexibility index (Phi) is 3.30. The molecule has 0 spiro atoms. The van der Waals surface area contributed by atoms with E-state index in [0.29, 0.717) is 0 Å². The molecule has 66 valence electrons. The Balaban J connectivity index is 2.00. The maximum absolute atomic E-state index is 5.43. The third kappa shape index (κ3) is 2.77. The van der Waals surface area contributed by atoms with E-state index in [2.05, 4.69) is 23.9 Å². The van der Waals surface area contributed by atoms with Crippen LogP contribution >= 0.6 is 0 Å². The molecule has 0 aromatic heterocycles. The molecule has 0 atom stereocenters. The molecule has 3 heteroatoms. The highest BCUT2D eigenvalue weighted by atomic mass is 15.2. The number of hydrogen-bond donors (Lipinski definition) is 1. The Labute approximate surface area is 69.1 Å². The minimum absolute atomic E-state index is 0.800. The van der Waals surface area contributed by atoms with Crippen LogP contribution in [0.4, 0.5) is 0 Å². The van der Waals surface area contributed by atoms with E-state index in [0.717, 1.165) is 19.0 Å². The molecule has 1 heterocycles. The van der Waals surface area contributed by atoms with Gasteiger partial charge in [-0.05, 0) is 20.0 Å². The third-order valence-electron chi connectivity index (χ3n) is 2.10. The lowest BCUT2D eigenvalue weighted by Crippen LogP contribution is -2.51. The van der Waals surface area contributed by atoms with Gasteiger partial charge in [0.25, 0.3) is 0 Å². The molecular formula is C8H19N3. The summed E-state index contributed by atoms with van der Waals surface area (Å²) in [5.74, 6) is 0.886. The zero-order valence-electron chi connectivity index (χ0n) is 7.58. The summed E-state index contributed by atoms with van der Waals surface area (Å²) >= 11 is 0. The summed E-state index contributed by atoms with van der Waals surface area (Å²) in [4.78, 5) is 4.67. The fourth-order valence-corrected chi connectivity index (χ4v) is 1.67. The Hall–Kier alpha value is -0.120. The molecule has 0 saturated carbocycles. The molecule has 0 radical (unpaired) electrons. The molecule has 1 saturated heterocycles. The second-order valence-electron chi connectivity index (χ2n) is 3.68. The van der Waals surface area contributed by atoms with Crippen molar-refractivity contribution >= 4 is 0 Å². The van der Waals surface area contributed by atoms with Crippen molar-refractivity contribution < 1.29 is 0 Å². The van der Waals surface area contributed by atoms with Gasteiger partial charge in [0.2, 0.25) is 0 Å². The molecule has 1 aliphatic heterocycles. The van der Waals surface area contributed by atoms with Gasteiger partial charge < -0.3 is 15.5 Å². The Morgan fingerprint density at radius 3 is 2.55 bits per heavy atom. The van der Waals surface area contributed by atoms with E-state index in [1.165, 1.54) is 19.6 Å². The van der Waals surface area contributed by atoms with E-state index in [9.17, 15) is 0 Å². The molecule has 0 amide bonds. The predicted octanol–water partition coefficient (Wildman–Crippen LogP) is -0.561. The third-order valence-corrected chi connectivity index (χ3v) is 2.10. The van der Waals surface area contributed by atoms with E-state index in [-0.39, 0.29) is 0 Å². The molecule has 2 N–H and O–H groups in total. The van der Waals surface area contributed by atoms with Gasteiger partial charge in [-0.1, -0.05) is 0 Å². The minimum Gasteiger partial charge on any atom is -0.329 e. The van der Waals surface area contributed by atoms with Gasteiger partial charge >= 0.3 is 0 Å². The second kappa shape index (κ2) is 4.04. The molecular weight excluding hydrogens is 138 g/mol. The van der Waals surface area contributed by atoms with E-state index < -0.39 is 0 Å². The molecule has 1 rings (SSSR count). The van der Waals surface area contributed by atoms with Crippen LogP contribution in [0.15, 0.2) is 0 Å². The lowest BCUT2D eigenvalue weighted by Gasteiger charge is -2.40. The lowest BCUT2D eigenvalue weighted by molar-refractivity contribution is 0.0835. The van der Waals surface area contributed by atoms with Crippen LogP contribution in [0.2, 0.25) is 0 Å². The van der Waals surface area contributed by atoms with Crippen molar-refractivity contribution in [2.75, 3.05) is 46.8 Å². The average Bonchev–Trinajstić information content (AvgIpc) is 1.82. The zero-order valence-corrected chi connectivity index (χ0v) is 7.58. The van der Waals surface area contributed by atoms with Crippen molar-refractivity contribution in [3.63, 3.8) is 0 Å². The summed E-state index contributed by atoms with van der Waals surface area (Å²) < 4.78 is 0. The van der Waals surface area contributed by atoms with Gasteiger partial charge in [-0.3, -0.25) is 0 Å². The second-order valence-corrected chi connectivity index (χ2v) is 3.68. The van der Waals surface area contributed by atoms with Crippen LogP contribution in [0, 0.1) is 5.92 Å². The summed E-state index contributed by atoms with van der Waals surface area (Å²) in [5, 5.41) is 0. The summed E-state index contributed by atoms with van der Waals surface area (Å²) in [6.07, 6.45) is 0. The highest BCUT2D eigenvalue weighted by Crippen LogP contribution is 2.14. The van der Waals surface area contributed by atoms with Crippen molar-refractivity contribution in [1.29, 1.82) is 0 Å². The maximum Gasteiger partial charge on any atom is 0.0105 e.